The van der Waals surface area contributed by atoms with Crippen LogP contribution in [0.1, 0.15) is 5.56 Å². The molecule has 7 nitrogen and oxygen atoms in total. The summed E-state index contributed by atoms with van der Waals surface area (Å²) in [4.78, 5) is 0.717. The Kier molecular flexibility index (Phi) is 4.41. The molecule has 2 aromatic carbocycles. The van der Waals surface area contributed by atoms with Gasteiger partial charge in [-0.25, -0.2) is 0 Å². The lowest BCUT2D eigenvalue weighted by molar-refractivity contribution is 0.324. The summed E-state index contributed by atoms with van der Waals surface area (Å²) >= 11 is 1.49. The molecule has 0 radical (unpaired) electrons. The fourth-order valence-corrected chi connectivity index (χ4v) is 3.66. The van der Waals surface area contributed by atoms with E-state index in [0.29, 0.717) is 28.0 Å². The smallest absolute Gasteiger partial charge is 0.235 e. The third kappa shape index (κ3) is 2.97. The average molecular weight is 382 g/mol. The molecule has 138 valence electrons. The Bertz CT molecular complexity index is 1080. The van der Waals surface area contributed by atoms with Crippen LogP contribution in [0.25, 0.3) is 26.9 Å². The highest BCUT2D eigenvalue weighted by Gasteiger charge is 2.19. The third-order valence-corrected chi connectivity index (χ3v) is 5.16. The molecule has 2 aromatic heterocycles. The summed E-state index contributed by atoms with van der Waals surface area (Å²) in [7, 11) is 4.74. The monoisotopic (exact) mass is 382 g/mol. The van der Waals surface area contributed by atoms with Crippen LogP contribution in [-0.2, 0) is 0 Å². The second kappa shape index (κ2) is 6.88. The molecule has 0 aliphatic rings. The van der Waals surface area contributed by atoms with Gasteiger partial charge in [0.25, 0.3) is 0 Å². The normalized spacial score (nSPS) is 11.0. The van der Waals surface area contributed by atoms with Gasteiger partial charge in [0, 0.05) is 11.1 Å². The minimum atomic E-state index is 0.531. The molecule has 0 aliphatic carbocycles. The minimum Gasteiger partial charge on any atom is -0.493 e. The van der Waals surface area contributed by atoms with Gasteiger partial charge in [-0.05, 0) is 19.1 Å². The molecule has 0 unspecified atom stereocenters. The van der Waals surface area contributed by atoms with E-state index in [1.807, 2.05) is 12.1 Å². The van der Waals surface area contributed by atoms with Crippen LogP contribution >= 0.6 is 11.3 Å². The molecule has 0 saturated heterocycles. The number of fused-ring (bicyclic) bond motifs is 1. The van der Waals surface area contributed by atoms with Gasteiger partial charge in [-0.15, -0.1) is 10.2 Å². The summed E-state index contributed by atoms with van der Waals surface area (Å²) in [6.07, 6.45) is 0. The first-order chi connectivity index (χ1) is 13.1. The van der Waals surface area contributed by atoms with Crippen LogP contribution < -0.4 is 14.2 Å². The molecule has 0 amide bonds. The third-order valence-electron chi connectivity index (χ3n) is 4.21. The Morgan fingerprint density at radius 2 is 1.52 bits per heavy atom. The summed E-state index contributed by atoms with van der Waals surface area (Å²) in [5, 5.41) is 14.1. The van der Waals surface area contributed by atoms with Gasteiger partial charge in [0.05, 0.1) is 21.3 Å². The largest absolute Gasteiger partial charge is 0.493 e. The van der Waals surface area contributed by atoms with Crippen molar-refractivity contribution in [3.05, 3.63) is 42.0 Å². The van der Waals surface area contributed by atoms with Gasteiger partial charge in [0.15, 0.2) is 17.3 Å². The molecule has 8 heteroatoms. The number of aromatic nitrogens is 4. The lowest BCUT2D eigenvalue weighted by Gasteiger charge is -2.13. The summed E-state index contributed by atoms with van der Waals surface area (Å²) in [5.74, 6) is 2.25. The van der Waals surface area contributed by atoms with E-state index in [0.717, 1.165) is 16.1 Å². The van der Waals surface area contributed by atoms with Crippen LogP contribution in [0.3, 0.4) is 0 Å². The SMILES string of the molecule is COc1cc(-c2nnc3sc(-c4ccc(C)cc4)nn23)cc(OC)c1OC. The summed E-state index contributed by atoms with van der Waals surface area (Å²) in [6, 6.07) is 11.9. The molecule has 0 atom stereocenters. The molecule has 0 bridgehead atoms. The zero-order chi connectivity index (χ0) is 19.0. The van der Waals surface area contributed by atoms with Crippen molar-refractivity contribution in [1.29, 1.82) is 0 Å². The maximum absolute atomic E-state index is 5.43. The molecule has 0 fully saturated rings. The van der Waals surface area contributed by atoms with Crippen LogP contribution in [0, 0.1) is 6.92 Å². The Hall–Kier alpha value is -3.13. The topological polar surface area (TPSA) is 70.8 Å². The van der Waals surface area contributed by atoms with E-state index < -0.39 is 0 Å². The predicted molar refractivity (Wildman–Crippen MR) is 104 cm³/mol. The van der Waals surface area contributed by atoms with E-state index in [2.05, 4.69) is 41.4 Å². The van der Waals surface area contributed by atoms with Crippen LogP contribution in [-0.4, -0.2) is 41.1 Å². The van der Waals surface area contributed by atoms with Crippen molar-refractivity contribution in [2.75, 3.05) is 21.3 Å². The van der Waals surface area contributed by atoms with Crippen LogP contribution in [0.15, 0.2) is 36.4 Å². The van der Waals surface area contributed by atoms with Crippen LogP contribution in [0.5, 0.6) is 17.2 Å². The van der Waals surface area contributed by atoms with Gasteiger partial charge in [-0.1, -0.05) is 41.2 Å². The van der Waals surface area contributed by atoms with Crippen molar-refractivity contribution >= 4 is 16.3 Å². The zero-order valence-electron chi connectivity index (χ0n) is 15.4. The first-order valence-corrected chi connectivity index (χ1v) is 9.06. The van der Waals surface area contributed by atoms with E-state index in [1.54, 1.807) is 25.8 Å². The Labute approximate surface area is 160 Å². The molecular formula is C19H18N4O3S. The summed E-state index contributed by atoms with van der Waals surface area (Å²) < 4.78 is 18.0. The van der Waals surface area contributed by atoms with Gasteiger partial charge < -0.3 is 14.2 Å². The maximum atomic E-state index is 5.43. The average Bonchev–Trinajstić information content (AvgIpc) is 3.28. The van der Waals surface area contributed by atoms with E-state index in [1.165, 1.54) is 16.9 Å². The number of benzene rings is 2. The second-order valence-electron chi connectivity index (χ2n) is 5.91. The highest BCUT2D eigenvalue weighted by molar-refractivity contribution is 7.19. The van der Waals surface area contributed by atoms with E-state index in [-0.39, 0.29) is 0 Å². The number of ether oxygens (including phenoxy) is 3. The van der Waals surface area contributed by atoms with Crippen molar-refractivity contribution < 1.29 is 14.2 Å². The summed E-state index contributed by atoms with van der Waals surface area (Å²) in [5.41, 5.74) is 3.03. The van der Waals surface area contributed by atoms with Gasteiger partial charge in [0.1, 0.15) is 5.01 Å². The lowest BCUT2D eigenvalue weighted by Crippen LogP contribution is -1.97. The highest BCUT2D eigenvalue weighted by atomic mass is 32.1. The number of aryl methyl sites for hydroxylation is 1. The van der Waals surface area contributed by atoms with Crippen molar-refractivity contribution in [1.82, 2.24) is 19.8 Å². The molecule has 0 N–H and O–H groups in total. The second-order valence-corrected chi connectivity index (χ2v) is 6.86. The number of rotatable bonds is 5. The molecule has 4 aromatic rings. The Balaban J connectivity index is 1.84. The fourth-order valence-electron chi connectivity index (χ4n) is 2.82. The van der Waals surface area contributed by atoms with Crippen LogP contribution in [0.2, 0.25) is 0 Å². The van der Waals surface area contributed by atoms with E-state index in [4.69, 9.17) is 19.3 Å². The molecular weight excluding hydrogens is 364 g/mol. The number of hydrogen-bond acceptors (Lipinski definition) is 7. The highest BCUT2D eigenvalue weighted by Crippen LogP contribution is 2.41. The van der Waals surface area contributed by atoms with Crippen molar-refractivity contribution in [3.63, 3.8) is 0 Å². The minimum absolute atomic E-state index is 0.531. The van der Waals surface area contributed by atoms with Crippen molar-refractivity contribution in [3.8, 4) is 39.2 Å². The molecule has 0 spiro atoms. The number of nitrogens with zero attached hydrogens (tertiary/aromatic N) is 4. The molecule has 0 aliphatic heterocycles. The standard InChI is InChI=1S/C19H18N4O3S/c1-11-5-7-12(8-6-11)18-22-23-17(20-21-19(23)27-18)13-9-14(24-2)16(26-4)15(10-13)25-3/h5-10H,1-4H3. The van der Waals surface area contributed by atoms with Crippen molar-refractivity contribution in [2.45, 2.75) is 6.92 Å². The van der Waals surface area contributed by atoms with Gasteiger partial charge in [-0.2, -0.15) is 9.61 Å². The quantitative estimate of drug-likeness (QED) is 0.522. The Morgan fingerprint density at radius 1 is 0.852 bits per heavy atom. The lowest BCUT2D eigenvalue weighted by atomic mass is 10.1. The molecule has 0 saturated carbocycles. The molecule has 27 heavy (non-hydrogen) atoms. The first kappa shape index (κ1) is 17.3. The predicted octanol–water partition coefficient (Wildman–Crippen LogP) is 3.85. The van der Waals surface area contributed by atoms with Crippen LogP contribution in [0.4, 0.5) is 0 Å². The first-order valence-electron chi connectivity index (χ1n) is 8.24. The number of methoxy groups -OCH3 is 3. The summed E-state index contributed by atoms with van der Waals surface area (Å²) in [6.45, 7) is 2.06. The molecule has 4 rings (SSSR count). The maximum Gasteiger partial charge on any atom is 0.235 e. The van der Waals surface area contributed by atoms with E-state index >= 15 is 0 Å². The van der Waals surface area contributed by atoms with Gasteiger partial charge >= 0.3 is 0 Å². The van der Waals surface area contributed by atoms with Gasteiger partial charge in [0.2, 0.25) is 10.7 Å². The van der Waals surface area contributed by atoms with Crippen molar-refractivity contribution in [2.24, 2.45) is 0 Å². The Morgan fingerprint density at radius 3 is 2.11 bits per heavy atom. The van der Waals surface area contributed by atoms with Gasteiger partial charge in [-0.3, -0.25) is 0 Å². The zero-order valence-corrected chi connectivity index (χ0v) is 16.2. The van der Waals surface area contributed by atoms with E-state index in [9.17, 15) is 0 Å². The number of hydrogen-bond donors (Lipinski definition) is 0. The molecule has 2 heterocycles. The fraction of sp³-hybridized carbons (Fsp3) is 0.211.